The third-order valence-electron chi connectivity index (χ3n) is 3.88. The zero-order valence-electron chi connectivity index (χ0n) is 12.0. The monoisotopic (exact) mass is 297 g/mol. The summed E-state index contributed by atoms with van der Waals surface area (Å²) in [6, 6.07) is 5.05. The van der Waals surface area contributed by atoms with Crippen molar-refractivity contribution in [3.05, 3.63) is 18.2 Å². The first-order chi connectivity index (χ1) is 9.17. The van der Waals surface area contributed by atoms with E-state index in [-0.39, 0.29) is 16.4 Å². The van der Waals surface area contributed by atoms with Crippen LogP contribution in [0.15, 0.2) is 23.1 Å². The van der Waals surface area contributed by atoms with Gasteiger partial charge in [0, 0.05) is 11.7 Å². The molecule has 0 saturated heterocycles. The van der Waals surface area contributed by atoms with Crippen LogP contribution in [0.1, 0.15) is 39.5 Å². The van der Waals surface area contributed by atoms with Gasteiger partial charge in [-0.2, -0.15) is 0 Å². The van der Waals surface area contributed by atoms with Crippen molar-refractivity contribution in [2.45, 2.75) is 50.5 Å². The van der Waals surface area contributed by atoms with Crippen molar-refractivity contribution in [2.75, 3.05) is 11.1 Å². The van der Waals surface area contributed by atoms with E-state index in [1.807, 2.05) is 0 Å². The minimum atomic E-state index is -3.78. The fourth-order valence-corrected chi connectivity index (χ4v) is 3.67. The molecule has 20 heavy (non-hydrogen) atoms. The molecule has 1 fully saturated rings. The minimum absolute atomic E-state index is 0.0703. The quantitative estimate of drug-likeness (QED) is 0.745. The maximum Gasteiger partial charge on any atom is 0.240 e. The van der Waals surface area contributed by atoms with Gasteiger partial charge in [-0.25, -0.2) is 13.6 Å². The lowest BCUT2D eigenvalue weighted by molar-refractivity contribution is 0.229. The summed E-state index contributed by atoms with van der Waals surface area (Å²) in [6.45, 7) is 4.48. The summed E-state index contributed by atoms with van der Waals surface area (Å²) in [4.78, 5) is 0.0703. The number of hydrogen-bond acceptors (Lipinski definition) is 4. The van der Waals surface area contributed by atoms with Crippen LogP contribution in [-0.2, 0) is 10.0 Å². The zero-order chi connectivity index (χ0) is 15.0. The third kappa shape index (κ3) is 3.64. The van der Waals surface area contributed by atoms with E-state index in [9.17, 15) is 8.42 Å². The SMILES string of the molecule is CC1(C)CCCC(Nc2ccc(N)cc2S(N)(=O)=O)C1. The van der Waals surface area contributed by atoms with Gasteiger partial charge in [-0.1, -0.05) is 20.3 Å². The second kappa shape index (κ2) is 5.26. The van der Waals surface area contributed by atoms with Crippen molar-refractivity contribution < 1.29 is 8.42 Å². The molecule has 0 aliphatic heterocycles. The van der Waals surface area contributed by atoms with Crippen LogP contribution in [-0.4, -0.2) is 14.5 Å². The fraction of sp³-hybridized carbons (Fsp3) is 0.571. The molecule has 1 atom stereocenters. The smallest absolute Gasteiger partial charge is 0.240 e. The molecule has 1 aromatic carbocycles. The first-order valence-electron chi connectivity index (χ1n) is 6.86. The number of sulfonamides is 1. The van der Waals surface area contributed by atoms with Gasteiger partial charge in [0.25, 0.3) is 0 Å². The van der Waals surface area contributed by atoms with E-state index in [0.717, 1.165) is 19.3 Å². The van der Waals surface area contributed by atoms with E-state index in [2.05, 4.69) is 19.2 Å². The predicted octanol–water partition coefficient (Wildman–Crippen LogP) is 2.30. The van der Waals surface area contributed by atoms with Gasteiger partial charge < -0.3 is 11.1 Å². The Bertz CT molecular complexity index is 596. The Morgan fingerprint density at radius 2 is 2.05 bits per heavy atom. The van der Waals surface area contributed by atoms with Crippen LogP contribution >= 0.6 is 0 Å². The average Bonchev–Trinajstić information content (AvgIpc) is 2.29. The Labute approximate surface area is 120 Å². The van der Waals surface area contributed by atoms with Crippen LogP contribution in [0.4, 0.5) is 11.4 Å². The molecule has 0 amide bonds. The highest BCUT2D eigenvalue weighted by Crippen LogP contribution is 2.37. The van der Waals surface area contributed by atoms with E-state index in [0.29, 0.717) is 11.4 Å². The third-order valence-corrected chi connectivity index (χ3v) is 4.83. The molecule has 0 aromatic heterocycles. The molecular formula is C14H23N3O2S. The first-order valence-corrected chi connectivity index (χ1v) is 8.41. The van der Waals surface area contributed by atoms with Gasteiger partial charge in [0.1, 0.15) is 4.90 Å². The molecule has 1 unspecified atom stereocenters. The Hall–Kier alpha value is -1.27. The molecule has 0 bridgehead atoms. The number of anilines is 2. The number of nitrogen functional groups attached to an aromatic ring is 1. The summed E-state index contributed by atoms with van der Waals surface area (Å²) >= 11 is 0. The lowest BCUT2D eigenvalue weighted by Gasteiger charge is -2.36. The van der Waals surface area contributed by atoms with Gasteiger partial charge in [0.2, 0.25) is 10.0 Å². The van der Waals surface area contributed by atoms with Crippen molar-refractivity contribution in [1.82, 2.24) is 0 Å². The van der Waals surface area contributed by atoms with Gasteiger partial charge in [-0.05, 0) is 42.9 Å². The van der Waals surface area contributed by atoms with Crippen molar-refractivity contribution in [2.24, 2.45) is 10.6 Å². The van der Waals surface area contributed by atoms with Gasteiger partial charge in [-0.3, -0.25) is 0 Å². The van der Waals surface area contributed by atoms with Gasteiger partial charge in [0.05, 0.1) is 5.69 Å². The van der Waals surface area contributed by atoms with Crippen molar-refractivity contribution >= 4 is 21.4 Å². The highest BCUT2D eigenvalue weighted by molar-refractivity contribution is 7.89. The predicted molar refractivity (Wildman–Crippen MR) is 81.9 cm³/mol. The van der Waals surface area contributed by atoms with E-state index >= 15 is 0 Å². The van der Waals surface area contributed by atoms with Crippen molar-refractivity contribution in [3.8, 4) is 0 Å². The van der Waals surface area contributed by atoms with E-state index in [1.54, 1.807) is 12.1 Å². The van der Waals surface area contributed by atoms with Crippen LogP contribution in [0.3, 0.4) is 0 Å². The Balaban J connectivity index is 2.26. The van der Waals surface area contributed by atoms with E-state index < -0.39 is 10.0 Å². The van der Waals surface area contributed by atoms with Crippen LogP contribution in [0.25, 0.3) is 0 Å². The zero-order valence-corrected chi connectivity index (χ0v) is 12.8. The summed E-state index contributed by atoms with van der Waals surface area (Å²) in [5, 5.41) is 8.59. The molecule has 1 saturated carbocycles. The number of primary sulfonamides is 1. The van der Waals surface area contributed by atoms with Crippen LogP contribution in [0.2, 0.25) is 0 Å². The number of rotatable bonds is 3. The fourth-order valence-electron chi connectivity index (χ4n) is 2.93. The van der Waals surface area contributed by atoms with Gasteiger partial charge in [-0.15, -0.1) is 0 Å². The summed E-state index contributed by atoms with van der Waals surface area (Å²) in [6.07, 6.45) is 4.40. The lowest BCUT2D eigenvalue weighted by atomic mass is 9.75. The molecule has 6 heteroatoms. The molecule has 0 spiro atoms. The lowest BCUT2D eigenvalue weighted by Crippen LogP contribution is -2.32. The van der Waals surface area contributed by atoms with E-state index in [4.69, 9.17) is 10.9 Å². The summed E-state index contributed by atoms with van der Waals surface area (Å²) in [5.41, 5.74) is 6.87. The molecule has 0 heterocycles. The molecule has 1 aliphatic rings. The van der Waals surface area contributed by atoms with Gasteiger partial charge >= 0.3 is 0 Å². The summed E-state index contributed by atoms with van der Waals surface area (Å²) < 4.78 is 23.3. The van der Waals surface area contributed by atoms with Crippen LogP contribution < -0.4 is 16.2 Å². The Morgan fingerprint density at radius 1 is 1.35 bits per heavy atom. The molecular weight excluding hydrogens is 274 g/mol. The normalized spacial score (nSPS) is 22.4. The Morgan fingerprint density at radius 3 is 2.65 bits per heavy atom. The number of benzene rings is 1. The van der Waals surface area contributed by atoms with Gasteiger partial charge in [0.15, 0.2) is 0 Å². The average molecular weight is 297 g/mol. The second-order valence-electron chi connectivity index (χ2n) is 6.40. The molecule has 0 radical (unpaired) electrons. The molecule has 2 rings (SSSR count). The second-order valence-corrected chi connectivity index (χ2v) is 7.93. The summed E-state index contributed by atoms with van der Waals surface area (Å²) in [7, 11) is -3.78. The van der Waals surface area contributed by atoms with Crippen LogP contribution in [0, 0.1) is 5.41 Å². The molecule has 112 valence electrons. The standard InChI is InChI=1S/C14H23N3O2S/c1-14(2)7-3-4-11(9-14)17-12-6-5-10(15)8-13(12)20(16,18)19/h5-6,8,11,17H,3-4,7,9,15H2,1-2H3,(H2,16,18,19). The number of nitrogens with two attached hydrogens (primary N) is 2. The molecule has 5 nitrogen and oxygen atoms in total. The van der Waals surface area contributed by atoms with Crippen molar-refractivity contribution in [1.29, 1.82) is 0 Å². The minimum Gasteiger partial charge on any atom is -0.399 e. The topological polar surface area (TPSA) is 98.2 Å². The maximum atomic E-state index is 11.7. The molecule has 1 aliphatic carbocycles. The summed E-state index contributed by atoms with van der Waals surface area (Å²) in [5.74, 6) is 0. The first kappa shape index (κ1) is 15.1. The Kier molecular flexibility index (Phi) is 3.97. The molecule has 5 N–H and O–H groups in total. The largest absolute Gasteiger partial charge is 0.399 e. The highest BCUT2D eigenvalue weighted by atomic mass is 32.2. The number of hydrogen-bond donors (Lipinski definition) is 3. The highest BCUT2D eigenvalue weighted by Gasteiger charge is 2.28. The van der Waals surface area contributed by atoms with Crippen LogP contribution in [0.5, 0.6) is 0 Å². The molecule has 1 aromatic rings. The van der Waals surface area contributed by atoms with E-state index in [1.165, 1.54) is 12.5 Å². The maximum absolute atomic E-state index is 11.7. The number of nitrogens with one attached hydrogen (secondary N) is 1. The van der Waals surface area contributed by atoms with Crippen molar-refractivity contribution in [3.63, 3.8) is 0 Å².